The van der Waals surface area contributed by atoms with Gasteiger partial charge in [0.2, 0.25) is 0 Å². The lowest BCUT2D eigenvalue weighted by atomic mass is 9.87. The van der Waals surface area contributed by atoms with Crippen molar-refractivity contribution in [1.82, 2.24) is 4.98 Å². The van der Waals surface area contributed by atoms with Gasteiger partial charge in [0.05, 0.1) is 27.1 Å². The lowest BCUT2D eigenvalue weighted by Gasteiger charge is -2.18. The number of para-hydroxylation sites is 1. The molecule has 3 aromatic rings. The number of hydrogen-bond donors (Lipinski definition) is 2. The molecule has 0 amide bonds. The number of carboxylic acid groups (broad SMARTS) is 2. The van der Waals surface area contributed by atoms with Gasteiger partial charge in [0.15, 0.2) is 0 Å². The van der Waals surface area contributed by atoms with Crippen molar-refractivity contribution < 1.29 is 19.8 Å². The fourth-order valence-electron chi connectivity index (χ4n) is 4.22. The summed E-state index contributed by atoms with van der Waals surface area (Å²) in [7, 11) is 0. The van der Waals surface area contributed by atoms with E-state index >= 15 is 0 Å². The molecule has 2 atom stereocenters. The predicted molar refractivity (Wildman–Crippen MR) is 133 cm³/mol. The average Bonchev–Trinajstić information content (AvgIpc) is 3.21. The first-order valence-electron chi connectivity index (χ1n) is 11.8. The fraction of sp³-hybridized carbons (Fsp3) is 0.444. The van der Waals surface area contributed by atoms with Crippen molar-refractivity contribution in [1.29, 1.82) is 0 Å². The number of hydrogen-bond acceptors (Lipinski definition) is 4. The second-order valence-corrected chi connectivity index (χ2v) is 9.85. The maximum absolute atomic E-state index is 11.8. The van der Waals surface area contributed by atoms with Crippen LogP contribution in [0.1, 0.15) is 61.6 Å². The molecular weight excluding hydrogens is 434 g/mol. The highest BCUT2D eigenvalue weighted by molar-refractivity contribution is 7.18. The van der Waals surface area contributed by atoms with Gasteiger partial charge in [-0.2, -0.15) is 0 Å². The molecule has 0 aliphatic rings. The molecule has 33 heavy (non-hydrogen) atoms. The molecule has 5 nitrogen and oxygen atoms in total. The first-order valence-corrected chi connectivity index (χ1v) is 12.7. The largest absolute Gasteiger partial charge is 0.481 e. The Hall–Kier alpha value is -2.73. The number of thiazole rings is 1. The Labute approximate surface area is 199 Å². The summed E-state index contributed by atoms with van der Waals surface area (Å²) in [5, 5.41) is 20.4. The molecule has 3 rings (SSSR count). The Morgan fingerprint density at radius 1 is 0.848 bits per heavy atom. The standard InChI is InChI=1S/C27H33NO4S/c1-2-7-19-12-14-20(15-13-19)16-17-22(27(31)32)18-21(26(29)30)8-3-6-11-25-28-23-9-4-5-10-24(23)33-25/h4-5,9-10,12-15,21-22H,2-3,6-8,11,16-18H2,1H3,(H,29,30)(H,31,32). The van der Waals surface area contributed by atoms with Gasteiger partial charge in [0.1, 0.15) is 0 Å². The number of nitrogens with zero attached hydrogens (tertiary/aromatic N) is 1. The highest BCUT2D eigenvalue weighted by atomic mass is 32.1. The van der Waals surface area contributed by atoms with E-state index in [4.69, 9.17) is 0 Å². The zero-order valence-electron chi connectivity index (χ0n) is 19.2. The van der Waals surface area contributed by atoms with E-state index in [-0.39, 0.29) is 6.42 Å². The first kappa shape index (κ1) is 24.9. The molecule has 0 saturated carbocycles. The maximum atomic E-state index is 11.8. The van der Waals surface area contributed by atoms with Crippen LogP contribution in [0.25, 0.3) is 10.2 Å². The molecule has 6 heteroatoms. The topological polar surface area (TPSA) is 87.5 Å². The quantitative estimate of drug-likeness (QED) is 0.268. The first-order chi connectivity index (χ1) is 16.0. The molecule has 0 bridgehead atoms. The van der Waals surface area contributed by atoms with E-state index in [1.807, 2.05) is 18.2 Å². The number of carbonyl (C=O) groups is 2. The van der Waals surface area contributed by atoms with E-state index in [1.54, 1.807) is 11.3 Å². The van der Waals surface area contributed by atoms with Crippen LogP contribution in [0.3, 0.4) is 0 Å². The van der Waals surface area contributed by atoms with Crippen LogP contribution in [0.4, 0.5) is 0 Å². The van der Waals surface area contributed by atoms with Gasteiger partial charge in [-0.25, -0.2) is 4.98 Å². The Morgan fingerprint density at radius 2 is 1.48 bits per heavy atom. The van der Waals surface area contributed by atoms with Crippen molar-refractivity contribution in [3.63, 3.8) is 0 Å². The van der Waals surface area contributed by atoms with Gasteiger partial charge in [-0.1, -0.05) is 56.2 Å². The molecule has 0 aliphatic carbocycles. The van der Waals surface area contributed by atoms with Crippen LogP contribution in [0.2, 0.25) is 0 Å². The minimum absolute atomic E-state index is 0.180. The average molecular weight is 468 g/mol. The minimum atomic E-state index is -0.904. The SMILES string of the molecule is CCCc1ccc(CCC(CC(CCCCc2nc3ccccc3s2)C(=O)O)C(=O)O)cc1. The molecule has 0 fully saturated rings. The van der Waals surface area contributed by atoms with Gasteiger partial charge in [-0.3, -0.25) is 9.59 Å². The van der Waals surface area contributed by atoms with Gasteiger partial charge < -0.3 is 10.2 Å². The molecule has 0 aliphatic heterocycles. The fourth-order valence-corrected chi connectivity index (χ4v) is 5.23. The van der Waals surface area contributed by atoms with E-state index in [1.165, 1.54) is 10.3 Å². The van der Waals surface area contributed by atoms with Crippen LogP contribution >= 0.6 is 11.3 Å². The number of aromatic nitrogens is 1. The van der Waals surface area contributed by atoms with E-state index in [9.17, 15) is 19.8 Å². The summed E-state index contributed by atoms with van der Waals surface area (Å²) < 4.78 is 1.17. The van der Waals surface area contributed by atoms with Crippen LogP contribution in [0, 0.1) is 11.8 Å². The summed E-state index contributed by atoms with van der Waals surface area (Å²) in [4.78, 5) is 28.3. The summed E-state index contributed by atoms with van der Waals surface area (Å²) >= 11 is 1.68. The zero-order valence-corrected chi connectivity index (χ0v) is 20.0. The molecule has 2 aromatic carbocycles. The van der Waals surface area contributed by atoms with Gasteiger partial charge in [-0.15, -0.1) is 11.3 Å². The third-order valence-electron chi connectivity index (χ3n) is 6.14. The summed E-state index contributed by atoms with van der Waals surface area (Å²) in [6.45, 7) is 2.14. The highest BCUT2D eigenvalue weighted by Gasteiger charge is 2.26. The number of benzene rings is 2. The highest BCUT2D eigenvalue weighted by Crippen LogP contribution is 2.26. The molecule has 2 N–H and O–H groups in total. The van der Waals surface area contributed by atoms with Crippen LogP contribution in [0.15, 0.2) is 48.5 Å². The summed E-state index contributed by atoms with van der Waals surface area (Å²) in [5.74, 6) is -3.08. The van der Waals surface area contributed by atoms with Crippen molar-refractivity contribution in [3.05, 3.63) is 64.7 Å². The van der Waals surface area contributed by atoms with Crippen molar-refractivity contribution in [2.24, 2.45) is 11.8 Å². The second kappa shape index (κ2) is 12.5. The maximum Gasteiger partial charge on any atom is 0.306 e. The normalized spacial score (nSPS) is 13.1. The molecule has 0 radical (unpaired) electrons. The lowest BCUT2D eigenvalue weighted by molar-refractivity contribution is -0.146. The Morgan fingerprint density at radius 3 is 2.12 bits per heavy atom. The van der Waals surface area contributed by atoms with E-state index in [0.717, 1.165) is 48.2 Å². The number of aliphatic carboxylic acids is 2. The van der Waals surface area contributed by atoms with Crippen molar-refractivity contribution >= 4 is 33.5 Å². The number of rotatable bonds is 14. The van der Waals surface area contributed by atoms with E-state index < -0.39 is 23.8 Å². The monoisotopic (exact) mass is 467 g/mol. The molecule has 0 saturated heterocycles. The molecule has 1 heterocycles. The second-order valence-electron chi connectivity index (χ2n) is 8.73. The summed E-state index contributed by atoms with van der Waals surface area (Å²) in [6, 6.07) is 16.3. The Kier molecular flexibility index (Phi) is 9.43. The molecule has 176 valence electrons. The zero-order chi connectivity index (χ0) is 23.6. The van der Waals surface area contributed by atoms with Crippen LogP contribution in [-0.4, -0.2) is 27.1 Å². The van der Waals surface area contributed by atoms with Crippen LogP contribution < -0.4 is 0 Å². The van der Waals surface area contributed by atoms with Crippen molar-refractivity contribution in [3.8, 4) is 0 Å². The summed E-state index contributed by atoms with van der Waals surface area (Å²) in [5.41, 5.74) is 3.39. The van der Waals surface area contributed by atoms with Gasteiger partial charge in [0.25, 0.3) is 0 Å². The Balaban J connectivity index is 1.48. The predicted octanol–water partition coefficient (Wildman–Crippen LogP) is 6.39. The van der Waals surface area contributed by atoms with Crippen molar-refractivity contribution in [2.45, 2.75) is 64.7 Å². The Bertz CT molecular complexity index is 1010. The van der Waals surface area contributed by atoms with Crippen LogP contribution in [0.5, 0.6) is 0 Å². The third-order valence-corrected chi connectivity index (χ3v) is 7.24. The van der Waals surface area contributed by atoms with E-state index in [0.29, 0.717) is 19.3 Å². The van der Waals surface area contributed by atoms with Gasteiger partial charge in [0, 0.05) is 0 Å². The van der Waals surface area contributed by atoms with Crippen molar-refractivity contribution in [2.75, 3.05) is 0 Å². The van der Waals surface area contributed by atoms with E-state index in [2.05, 4.69) is 42.2 Å². The van der Waals surface area contributed by atoms with Gasteiger partial charge >= 0.3 is 11.9 Å². The van der Waals surface area contributed by atoms with Crippen LogP contribution in [-0.2, 0) is 28.9 Å². The number of carboxylic acids is 2. The third kappa shape index (κ3) is 7.67. The number of unbranched alkanes of at least 4 members (excludes halogenated alkanes) is 1. The molecule has 0 spiro atoms. The molecular formula is C27H33NO4S. The lowest BCUT2D eigenvalue weighted by Crippen LogP contribution is -2.23. The number of aryl methyl sites for hydroxylation is 3. The number of fused-ring (bicyclic) bond motifs is 1. The molecule has 1 aromatic heterocycles. The summed E-state index contributed by atoms with van der Waals surface area (Å²) in [6.07, 6.45) is 6.33. The van der Waals surface area contributed by atoms with Gasteiger partial charge in [-0.05, 0) is 68.2 Å². The smallest absolute Gasteiger partial charge is 0.306 e. The molecule has 2 unspecified atom stereocenters. The minimum Gasteiger partial charge on any atom is -0.481 e.